The molecule has 2 aliphatic heterocycles. The van der Waals surface area contributed by atoms with Crippen LogP contribution in [0.2, 0.25) is 10.0 Å². The molecule has 0 radical (unpaired) electrons. The van der Waals surface area contributed by atoms with Crippen LogP contribution in [0, 0.1) is 11.8 Å². The Hall–Kier alpha value is -3.38. The van der Waals surface area contributed by atoms with Crippen molar-refractivity contribution in [3.8, 4) is 45.4 Å². The molecule has 0 amide bonds. The van der Waals surface area contributed by atoms with Crippen LogP contribution in [0.15, 0.2) is 48.8 Å². The van der Waals surface area contributed by atoms with Gasteiger partial charge in [0.2, 0.25) is 11.8 Å². The van der Waals surface area contributed by atoms with Gasteiger partial charge in [-0.2, -0.15) is 0 Å². The summed E-state index contributed by atoms with van der Waals surface area (Å²) in [6.45, 7) is 5.03. The van der Waals surface area contributed by atoms with E-state index in [4.69, 9.17) is 52.6 Å². The molecule has 2 unspecified atom stereocenters. The fraction of sp³-hybridized carbons (Fsp3) is 0.412. The Bertz CT molecular complexity index is 1570. The fourth-order valence-electron chi connectivity index (χ4n) is 6.31. The van der Waals surface area contributed by atoms with Crippen molar-refractivity contribution < 1.29 is 19.7 Å². The van der Waals surface area contributed by atoms with Gasteiger partial charge in [0, 0.05) is 61.6 Å². The molecule has 2 aromatic heterocycles. The van der Waals surface area contributed by atoms with E-state index in [0.29, 0.717) is 69.2 Å². The summed E-state index contributed by atoms with van der Waals surface area (Å²) in [5.41, 5.74) is 5.55. The van der Waals surface area contributed by atoms with E-state index in [1.807, 2.05) is 36.4 Å². The Kier molecular flexibility index (Phi) is 10.3. The van der Waals surface area contributed by atoms with Crippen molar-refractivity contribution in [2.75, 3.05) is 53.6 Å². The van der Waals surface area contributed by atoms with Gasteiger partial charge in [-0.3, -0.25) is 19.8 Å². The minimum Gasteiger partial charge on any atom is -0.480 e. The standard InChI is InChI=1S/C34H38Cl2N6O4/c1-45-33-29(17-41-11-9-21(15-41)19-43)37-13-27(39-33)25-7-3-5-23(31(25)35)24-6-4-8-26(32(24)36)28-14-38-30(34(40-28)46-2)18-42-12-10-22(16-42)20-44/h3-8,13-14,21-22,43-44H,9-12,15-20H2,1-2H3. The number of rotatable bonds is 11. The van der Waals surface area contributed by atoms with E-state index < -0.39 is 0 Å². The number of likely N-dealkylation sites (tertiary alicyclic amines) is 2. The summed E-state index contributed by atoms with van der Waals surface area (Å²) in [6.07, 6.45) is 5.37. The minimum atomic E-state index is 0.194. The number of nitrogens with zero attached hydrogens (tertiary/aromatic N) is 6. The van der Waals surface area contributed by atoms with Crippen molar-refractivity contribution in [1.29, 1.82) is 0 Å². The first kappa shape index (κ1) is 32.6. The number of ether oxygens (including phenoxy) is 2. The zero-order valence-electron chi connectivity index (χ0n) is 26.0. The molecular weight excluding hydrogens is 627 g/mol. The molecule has 2 saturated heterocycles. The molecule has 4 aromatic rings. The highest BCUT2D eigenvalue weighted by atomic mass is 35.5. The zero-order valence-corrected chi connectivity index (χ0v) is 27.5. The van der Waals surface area contributed by atoms with Crippen LogP contribution in [-0.4, -0.2) is 93.6 Å². The lowest BCUT2D eigenvalue weighted by Gasteiger charge is -2.18. The molecule has 6 rings (SSSR count). The van der Waals surface area contributed by atoms with E-state index in [9.17, 15) is 10.2 Å². The Morgan fingerprint density at radius 3 is 1.48 bits per heavy atom. The van der Waals surface area contributed by atoms with Gasteiger partial charge >= 0.3 is 0 Å². The third kappa shape index (κ3) is 6.83. The van der Waals surface area contributed by atoms with E-state index in [1.165, 1.54) is 0 Å². The van der Waals surface area contributed by atoms with Crippen molar-refractivity contribution in [3.63, 3.8) is 0 Å². The topological polar surface area (TPSA) is 117 Å². The van der Waals surface area contributed by atoms with Crippen LogP contribution in [0.3, 0.4) is 0 Å². The summed E-state index contributed by atoms with van der Waals surface area (Å²) in [5, 5.41) is 20.0. The van der Waals surface area contributed by atoms with E-state index in [1.54, 1.807) is 26.6 Å². The van der Waals surface area contributed by atoms with E-state index in [2.05, 4.69) is 9.80 Å². The second kappa shape index (κ2) is 14.6. The Labute approximate surface area is 279 Å². The summed E-state index contributed by atoms with van der Waals surface area (Å²) >= 11 is 14.1. The third-order valence-corrected chi connectivity index (χ3v) is 9.67. The number of halogens is 2. The van der Waals surface area contributed by atoms with Crippen LogP contribution in [0.5, 0.6) is 11.8 Å². The highest BCUT2D eigenvalue weighted by molar-refractivity contribution is 6.39. The average molecular weight is 666 g/mol. The van der Waals surface area contributed by atoms with Crippen LogP contribution in [0.1, 0.15) is 24.2 Å². The van der Waals surface area contributed by atoms with Crippen LogP contribution < -0.4 is 9.47 Å². The smallest absolute Gasteiger partial charge is 0.237 e. The lowest BCUT2D eigenvalue weighted by atomic mass is 9.98. The molecule has 46 heavy (non-hydrogen) atoms. The van der Waals surface area contributed by atoms with Gasteiger partial charge in [0.15, 0.2) is 0 Å². The van der Waals surface area contributed by atoms with Gasteiger partial charge in [-0.1, -0.05) is 59.6 Å². The second-order valence-electron chi connectivity index (χ2n) is 11.9. The Morgan fingerprint density at radius 1 is 0.696 bits per heavy atom. The molecule has 242 valence electrons. The predicted octanol–water partition coefficient (Wildman–Crippen LogP) is 5.22. The fourth-order valence-corrected chi connectivity index (χ4v) is 6.96. The first-order chi connectivity index (χ1) is 22.4. The molecule has 0 saturated carbocycles. The SMILES string of the molecule is COc1nc(-c2cccc(-c3cccc(-c4cnc(CN5CCC(CO)C5)c(OC)n4)c3Cl)c2Cl)cnc1CN1CCC(CO)C1. The third-order valence-electron chi connectivity index (χ3n) is 8.85. The first-order valence-electron chi connectivity index (χ1n) is 15.5. The molecule has 0 spiro atoms. The molecule has 12 heteroatoms. The van der Waals surface area contributed by atoms with Crippen molar-refractivity contribution in [1.82, 2.24) is 29.7 Å². The van der Waals surface area contributed by atoms with Crippen molar-refractivity contribution in [3.05, 3.63) is 70.2 Å². The highest BCUT2D eigenvalue weighted by Gasteiger charge is 2.26. The number of hydrogen-bond donors (Lipinski definition) is 2. The molecule has 4 heterocycles. The Morgan fingerprint density at radius 2 is 1.11 bits per heavy atom. The molecule has 2 atom stereocenters. The van der Waals surface area contributed by atoms with Gasteiger partial charge in [-0.05, 0) is 37.8 Å². The number of methoxy groups -OCH3 is 2. The number of aliphatic hydroxyl groups excluding tert-OH is 2. The number of hydrogen-bond acceptors (Lipinski definition) is 10. The van der Waals surface area contributed by atoms with Crippen LogP contribution in [-0.2, 0) is 13.1 Å². The molecule has 10 nitrogen and oxygen atoms in total. The van der Waals surface area contributed by atoms with Gasteiger partial charge in [0.1, 0.15) is 11.4 Å². The number of aliphatic hydroxyl groups is 2. The lowest BCUT2D eigenvalue weighted by molar-refractivity contribution is 0.218. The molecule has 2 aliphatic rings. The maximum absolute atomic E-state index is 9.50. The molecule has 2 aromatic carbocycles. The zero-order chi connectivity index (χ0) is 32.2. The van der Waals surface area contributed by atoms with E-state index in [0.717, 1.165) is 61.5 Å². The summed E-state index contributed by atoms with van der Waals surface area (Å²) in [5.74, 6) is 1.47. The molecule has 2 N–H and O–H groups in total. The molecular formula is C34H38Cl2N6O4. The predicted molar refractivity (Wildman–Crippen MR) is 178 cm³/mol. The second-order valence-corrected chi connectivity index (χ2v) is 12.7. The Balaban J connectivity index is 1.27. The average Bonchev–Trinajstić information content (AvgIpc) is 3.75. The summed E-state index contributed by atoms with van der Waals surface area (Å²) in [4.78, 5) is 23.5. The van der Waals surface area contributed by atoms with Crippen LogP contribution in [0.25, 0.3) is 33.6 Å². The largest absolute Gasteiger partial charge is 0.480 e. The van der Waals surface area contributed by atoms with Crippen LogP contribution >= 0.6 is 23.2 Å². The quantitative estimate of drug-likeness (QED) is 0.221. The minimum absolute atomic E-state index is 0.194. The summed E-state index contributed by atoms with van der Waals surface area (Å²) in [7, 11) is 3.18. The molecule has 0 bridgehead atoms. The number of benzene rings is 2. The monoisotopic (exact) mass is 664 g/mol. The van der Waals surface area contributed by atoms with E-state index >= 15 is 0 Å². The normalized spacial score (nSPS) is 18.7. The first-order valence-corrected chi connectivity index (χ1v) is 16.2. The maximum atomic E-state index is 9.50. The van der Waals surface area contributed by atoms with Gasteiger partial charge in [0.05, 0.1) is 48.0 Å². The van der Waals surface area contributed by atoms with Crippen molar-refractivity contribution >= 4 is 23.2 Å². The lowest BCUT2D eigenvalue weighted by Crippen LogP contribution is -2.22. The van der Waals surface area contributed by atoms with Crippen molar-refractivity contribution in [2.24, 2.45) is 11.8 Å². The summed E-state index contributed by atoms with van der Waals surface area (Å²) < 4.78 is 11.3. The summed E-state index contributed by atoms with van der Waals surface area (Å²) in [6, 6.07) is 11.5. The van der Waals surface area contributed by atoms with E-state index in [-0.39, 0.29) is 13.2 Å². The van der Waals surface area contributed by atoms with Crippen molar-refractivity contribution in [2.45, 2.75) is 25.9 Å². The maximum Gasteiger partial charge on any atom is 0.237 e. The molecule has 2 fully saturated rings. The van der Waals surface area contributed by atoms with Gasteiger partial charge < -0.3 is 19.7 Å². The molecule has 0 aliphatic carbocycles. The van der Waals surface area contributed by atoms with Crippen LogP contribution in [0.4, 0.5) is 0 Å². The van der Waals surface area contributed by atoms with Gasteiger partial charge in [0.25, 0.3) is 0 Å². The van der Waals surface area contributed by atoms with Gasteiger partial charge in [-0.15, -0.1) is 0 Å². The highest BCUT2D eigenvalue weighted by Crippen LogP contribution is 2.42. The number of aromatic nitrogens is 4. The van der Waals surface area contributed by atoms with Gasteiger partial charge in [-0.25, -0.2) is 9.97 Å².